The van der Waals surface area contributed by atoms with E-state index in [9.17, 15) is 9.90 Å². The summed E-state index contributed by atoms with van der Waals surface area (Å²) in [7, 11) is 0. The first-order chi connectivity index (χ1) is 10.2. The average Bonchev–Trinajstić information content (AvgIpc) is 2.89. The lowest BCUT2D eigenvalue weighted by atomic mass is 10.1. The maximum atomic E-state index is 11.9. The molecule has 1 aromatic rings. The molecule has 0 aliphatic carbocycles. The third-order valence-electron chi connectivity index (χ3n) is 3.45. The molecule has 0 aromatic carbocycles. The molecule has 2 rings (SSSR count). The average molecular weight is 329 g/mol. The first-order valence-electron chi connectivity index (χ1n) is 7.41. The molecule has 0 radical (unpaired) electrons. The van der Waals surface area contributed by atoms with E-state index in [0.29, 0.717) is 13.0 Å². The van der Waals surface area contributed by atoms with Crippen LogP contribution in [0.4, 0.5) is 0 Å². The second-order valence-electron chi connectivity index (χ2n) is 5.14. The summed E-state index contributed by atoms with van der Waals surface area (Å²) in [6.07, 6.45) is 1.89. The number of hydrogen-bond donors (Lipinski definition) is 2. The van der Waals surface area contributed by atoms with Crippen molar-refractivity contribution in [2.75, 3.05) is 31.9 Å². The summed E-state index contributed by atoms with van der Waals surface area (Å²) >= 11 is 3.31. The Hall–Kier alpha value is -0.630. The Morgan fingerprint density at radius 3 is 3.05 bits per heavy atom. The number of thiazole rings is 1. The number of piperidine rings is 1. The number of aromatic nitrogens is 1. The van der Waals surface area contributed by atoms with Gasteiger partial charge in [-0.2, -0.15) is 0 Å². The molecule has 0 unspecified atom stereocenters. The third-order valence-corrected chi connectivity index (χ3v) is 5.40. The molecule has 2 heterocycles. The second kappa shape index (κ2) is 8.73. The Labute approximate surface area is 134 Å². The van der Waals surface area contributed by atoms with Crippen LogP contribution in [0.15, 0.2) is 9.72 Å². The Balaban J connectivity index is 1.62. The van der Waals surface area contributed by atoms with E-state index >= 15 is 0 Å². The minimum Gasteiger partial charge on any atom is -0.393 e. The maximum Gasteiger partial charge on any atom is 0.226 e. The summed E-state index contributed by atoms with van der Waals surface area (Å²) in [4.78, 5) is 18.6. The summed E-state index contributed by atoms with van der Waals surface area (Å²) < 4.78 is 1.03. The SMILES string of the molecule is CCSc1nc(CC(=O)NCCN2CCC(O)CC2)cs1. The molecular weight excluding hydrogens is 306 g/mol. The van der Waals surface area contributed by atoms with E-state index in [2.05, 4.69) is 22.1 Å². The zero-order valence-electron chi connectivity index (χ0n) is 12.4. The van der Waals surface area contributed by atoms with E-state index < -0.39 is 0 Å². The number of rotatable bonds is 7. The highest BCUT2D eigenvalue weighted by atomic mass is 32.2. The van der Waals surface area contributed by atoms with Crippen molar-refractivity contribution in [3.8, 4) is 0 Å². The molecule has 1 saturated heterocycles. The van der Waals surface area contributed by atoms with Crippen LogP contribution in [-0.2, 0) is 11.2 Å². The van der Waals surface area contributed by atoms with Gasteiger partial charge in [-0.25, -0.2) is 4.98 Å². The number of carbonyl (C=O) groups excluding carboxylic acids is 1. The molecule has 0 spiro atoms. The van der Waals surface area contributed by atoms with E-state index in [-0.39, 0.29) is 12.0 Å². The van der Waals surface area contributed by atoms with E-state index in [1.807, 2.05) is 5.38 Å². The Bertz CT molecular complexity index is 445. The van der Waals surface area contributed by atoms with E-state index in [4.69, 9.17) is 0 Å². The summed E-state index contributed by atoms with van der Waals surface area (Å²) in [6, 6.07) is 0. The van der Waals surface area contributed by atoms with Gasteiger partial charge in [0, 0.05) is 31.6 Å². The van der Waals surface area contributed by atoms with Crippen molar-refractivity contribution in [3.63, 3.8) is 0 Å². The Morgan fingerprint density at radius 2 is 2.33 bits per heavy atom. The van der Waals surface area contributed by atoms with Gasteiger partial charge in [0.2, 0.25) is 5.91 Å². The first kappa shape index (κ1) is 16.7. The Morgan fingerprint density at radius 1 is 1.57 bits per heavy atom. The van der Waals surface area contributed by atoms with Crippen LogP contribution in [0.3, 0.4) is 0 Å². The topological polar surface area (TPSA) is 65.5 Å². The van der Waals surface area contributed by atoms with Crippen molar-refractivity contribution in [1.29, 1.82) is 0 Å². The van der Waals surface area contributed by atoms with Crippen LogP contribution in [0, 0.1) is 0 Å². The van der Waals surface area contributed by atoms with Crippen LogP contribution in [0.25, 0.3) is 0 Å². The third kappa shape index (κ3) is 5.94. The van der Waals surface area contributed by atoms with Crippen molar-refractivity contribution in [1.82, 2.24) is 15.2 Å². The number of amides is 1. The van der Waals surface area contributed by atoms with Gasteiger partial charge in [0.05, 0.1) is 18.2 Å². The molecule has 1 fully saturated rings. The summed E-state index contributed by atoms with van der Waals surface area (Å²) in [5.74, 6) is 1.04. The van der Waals surface area contributed by atoms with Crippen LogP contribution in [0.5, 0.6) is 0 Å². The van der Waals surface area contributed by atoms with Crippen molar-refractivity contribution in [2.45, 2.75) is 36.6 Å². The summed E-state index contributed by atoms with van der Waals surface area (Å²) in [5, 5.41) is 14.3. The van der Waals surface area contributed by atoms with Crippen LogP contribution in [-0.4, -0.2) is 58.9 Å². The standard InChI is InChI=1S/C14H23N3O2S2/c1-2-20-14-16-11(10-21-14)9-13(19)15-5-8-17-6-3-12(18)4-7-17/h10,12,18H,2-9H2,1H3,(H,15,19). The lowest BCUT2D eigenvalue weighted by Crippen LogP contribution is -2.41. The van der Waals surface area contributed by atoms with Crippen molar-refractivity contribution in [2.24, 2.45) is 0 Å². The monoisotopic (exact) mass is 329 g/mol. The minimum absolute atomic E-state index is 0.0328. The number of thioether (sulfide) groups is 1. The van der Waals surface area contributed by atoms with Crippen molar-refractivity contribution >= 4 is 29.0 Å². The Kier molecular flexibility index (Phi) is 6.95. The molecule has 21 heavy (non-hydrogen) atoms. The van der Waals surface area contributed by atoms with Gasteiger partial charge in [-0.1, -0.05) is 18.7 Å². The van der Waals surface area contributed by atoms with Gasteiger partial charge < -0.3 is 15.3 Å². The van der Waals surface area contributed by atoms with E-state index in [1.54, 1.807) is 23.1 Å². The lowest BCUT2D eigenvalue weighted by molar-refractivity contribution is -0.120. The highest BCUT2D eigenvalue weighted by Crippen LogP contribution is 2.22. The van der Waals surface area contributed by atoms with Crippen LogP contribution in [0.1, 0.15) is 25.5 Å². The molecular formula is C14H23N3O2S2. The molecule has 5 nitrogen and oxygen atoms in total. The van der Waals surface area contributed by atoms with Gasteiger partial charge in [0.15, 0.2) is 0 Å². The predicted molar refractivity (Wildman–Crippen MR) is 86.9 cm³/mol. The van der Waals surface area contributed by atoms with Gasteiger partial charge >= 0.3 is 0 Å². The number of aliphatic hydroxyl groups is 1. The fourth-order valence-corrected chi connectivity index (χ4v) is 4.02. The number of hydrogen-bond acceptors (Lipinski definition) is 6. The number of aliphatic hydroxyl groups excluding tert-OH is 1. The van der Waals surface area contributed by atoms with Crippen LogP contribution in [0.2, 0.25) is 0 Å². The lowest BCUT2D eigenvalue weighted by Gasteiger charge is -2.29. The molecule has 118 valence electrons. The highest BCUT2D eigenvalue weighted by molar-refractivity contribution is 8.00. The minimum atomic E-state index is -0.143. The number of nitrogens with zero attached hydrogens (tertiary/aromatic N) is 2. The van der Waals surface area contributed by atoms with E-state index in [0.717, 1.165) is 48.3 Å². The van der Waals surface area contributed by atoms with E-state index in [1.165, 1.54) is 0 Å². The number of likely N-dealkylation sites (tertiary alicyclic amines) is 1. The molecule has 1 aromatic heterocycles. The number of carbonyl (C=O) groups is 1. The zero-order valence-corrected chi connectivity index (χ0v) is 14.0. The van der Waals surface area contributed by atoms with Crippen molar-refractivity contribution < 1.29 is 9.90 Å². The fraction of sp³-hybridized carbons (Fsp3) is 0.714. The molecule has 7 heteroatoms. The summed E-state index contributed by atoms with van der Waals surface area (Å²) in [6.45, 7) is 5.45. The van der Waals surface area contributed by atoms with Gasteiger partial charge in [-0.3, -0.25) is 4.79 Å². The smallest absolute Gasteiger partial charge is 0.226 e. The highest BCUT2D eigenvalue weighted by Gasteiger charge is 2.16. The summed E-state index contributed by atoms with van der Waals surface area (Å²) in [5.41, 5.74) is 0.856. The first-order valence-corrected chi connectivity index (χ1v) is 9.28. The van der Waals surface area contributed by atoms with Crippen LogP contribution < -0.4 is 5.32 Å². The molecule has 0 atom stereocenters. The predicted octanol–water partition coefficient (Wildman–Crippen LogP) is 1.37. The van der Waals surface area contributed by atoms with Gasteiger partial charge in [-0.05, 0) is 18.6 Å². The molecule has 1 aliphatic heterocycles. The molecule has 1 aliphatic rings. The van der Waals surface area contributed by atoms with Crippen LogP contribution >= 0.6 is 23.1 Å². The molecule has 0 saturated carbocycles. The number of nitrogens with one attached hydrogen (secondary N) is 1. The molecule has 2 N–H and O–H groups in total. The molecule has 0 bridgehead atoms. The van der Waals surface area contributed by atoms with Crippen molar-refractivity contribution in [3.05, 3.63) is 11.1 Å². The molecule has 1 amide bonds. The second-order valence-corrected chi connectivity index (χ2v) is 7.51. The quantitative estimate of drug-likeness (QED) is 0.740. The zero-order chi connectivity index (χ0) is 15.1. The maximum absolute atomic E-state index is 11.9. The fourth-order valence-electron chi connectivity index (χ4n) is 2.28. The van der Waals surface area contributed by atoms with Gasteiger partial charge in [0.25, 0.3) is 0 Å². The van der Waals surface area contributed by atoms with Gasteiger partial charge in [0.1, 0.15) is 4.34 Å². The largest absolute Gasteiger partial charge is 0.393 e. The normalized spacial score (nSPS) is 17.0. The van der Waals surface area contributed by atoms with Gasteiger partial charge in [-0.15, -0.1) is 11.3 Å².